The summed E-state index contributed by atoms with van der Waals surface area (Å²) in [5, 5.41) is 4.20. The molecule has 0 unspecified atom stereocenters. The van der Waals surface area contributed by atoms with Crippen molar-refractivity contribution in [3.05, 3.63) is 60.4 Å². The maximum absolute atomic E-state index is 4.39. The van der Waals surface area contributed by atoms with Crippen LogP contribution in [-0.4, -0.2) is 26.2 Å². The van der Waals surface area contributed by atoms with E-state index in [1.165, 1.54) is 0 Å². The third kappa shape index (κ3) is 2.37. The van der Waals surface area contributed by atoms with Crippen molar-refractivity contribution in [3.63, 3.8) is 0 Å². The highest BCUT2D eigenvalue weighted by Gasteiger charge is 2.00. The molecule has 0 saturated carbocycles. The number of nitrogens with one attached hydrogen (secondary N) is 2. The number of hydrogen-bond acceptors (Lipinski definition) is 5. The van der Waals surface area contributed by atoms with Crippen LogP contribution in [0.15, 0.2) is 60.0 Å². The van der Waals surface area contributed by atoms with Gasteiger partial charge in [-0.2, -0.15) is 5.10 Å². The molecule has 106 valence electrons. The van der Waals surface area contributed by atoms with Gasteiger partial charge in [0.05, 0.1) is 28.3 Å². The molecule has 0 spiro atoms. The number of aromatic nitrogens is 4. The van der Waals surface area contributed by atoms with Crippen molar-refractivity contribution >= 4 is 34.2 Å². The van der Waals surface area contributed by atoms with Crippen molar-refractivity contribution in [2.45, 2.75) is 0 Å². The number of hydrazone groups is 1. The zero-order valence-corrected chi connectivity index (χ0v) is 11.6. The van der Waals surface area contributed by atoms with E-state index in [1.807, 2.05) is 42.5 Å². The molecule has 6 heteroatoms. The number of H-pyrrole nitrogens is 1. The van der Waals surface area contributed by atoms with Crippen LogP contribution in [0, 0.1) is 0 Å². The van der Waals surface area contributed by atoms with Gasteiger partial charge in [0.25, 0.3) is 0 Å². The molecule has 0 radical (unpaired) electrons. The second-order valence-corrected chi connectivity index (χ2v) is 4.78. The number of fused-ring (bicyclic) bond motifs is 2. The first kappa shape index (κ1) is 12.5. The molecule has 0 aliphatic carbocycles. The van der Waals surface area contributed by atoms with Gasteiger partial charge in [-0.3, -0.25) is 9.97 Å². The highest BCUT2D eigenvalue weighted by molar-refractivity contribution is 5.87. The van der Waals surface area contributed by atoms with Crippen LogP contribution in [0.3, 0.4) is 0 Å². The highest BCUT2D eigenvalue weighted by Crippen LogP contribution is 2.13. The fourth-order valence-corrected chi connectivity index (χ4v) is 2.23. The first-order valence-electron chi connectivity index (χ1n) is 6.83. The Morgan fingerprint density at radius 3 is 2.73 bits per heavy atom. The second kappa shape index (κ2) is 5.25. The number of hydrogen-bond donors (Lipinski definition) is 2. The maximum Gasteiger partial charge on any atom is 0.222 e. The standard InChI is InChI=1S/C16H12N6/c1-2-4-14-13(3-1)20-16(21-14)22-19-10-11-5-6-12-15(9-11)18-8-7-17-12/h1-10H,(H2,20,21,22)/b19-10-. The Labute approximate surface area is 126 Å². The third-order valence-corrected chi connectivity index (χ3v) is 3.27. The molecule has 22 heavy (non-hydrogen) atoms. The van der Waals surface area contributed by atoms with E-state index in [2.05, 4.69) is 30.5 Å². The molecule has 6 nitrogen and oxygen atoms in total. The van der Waals surface area contributed by atoms with Gasteiger partial charge in [-0.05, 0) is 29.8 Å². The van der Waals surface area contributed by atoms with Crippen LogP contribution in [-0.2, 0) is 0 Å². The van der Waals surface area contributed by atoms with E-state index in [0.29, 0.717) is 5.95 Å². The minimum atomic E-state index is 0.609. The summed E-state index contributed by atoms with van der Waals surface area (Å²) in [6.45, 7) is 0. The Kier molecular flexibility index (Phi) is 2.97. The number of benzene rings is 2. The van der Waals surface area contributed by atoms with E-state index in [0.717, 1.165) is 27.6 Å². The molecule has 4 rings (SSSR count). The van der Waals surface area contributed by atoms with Gasteiger partial charge in [0.1, 0.15) is 0 Å². The number of imidazole rings is 1. The van der Waals surface area contributed by atoms with Crippen LogP contribution >= 0.6 is 0 Å². The summed E-state index contributed by atoms with van der Waals surface area (Å²) < 4.78 is 0. The zero-order valence-electron chi connectivity index (χ0n) is 11.6. The molecule has 2 heterocycles. The van der Waals surface area contributed by atoms with Gasteiger partial charge in [0.2, 0.25) is 5.95 Å². The summed E-state index contributed by atoms with van der Waals surface area (Å²) in [6.07, 6.45) is 5.08. The fraction of sp³-hybridized carbons (Fsp3) is 0. The minimum absolute atomic E-state index is 0.609. The molecule has 0 fully saturated rings. The van der Waals surface area contributed by atoms with Gasteiger partial charge in [0.15, 0.2) is 0 Å². The van der Waals surface area contributed by atoms with Crippen LogP contribution in [0.25, 0.3) is 22.1 Å². The average Bonchev–Trinajstić information content (AvgIpc) is 2.97. The molecule has 0 aliphatic heterocycles. The predicted molar refractivity (Wildman–Crippen MR) is 86.8 cm³/mol. The zero-order chi connectivity index (χ0) is 14.8. The van der Waals surface area contributed by atoms with Gasteiger partial charge in [0, 0.05) is 12.4 Å². The second-order valence-electron chi connectivity index (χ2n) is 4.78. The van der Waals surface area contributed by atoms with Crippen molar-refractivity contribution in [2.75, 3.05) is 5.43 Å². The summed E-state index contributed by atoms with van der Waals surface area (Å²) >= 11 is 0. The van der Waals surface area contributed by atoms with Gasteiger partial charge in [-0.25, -0.2) is 10.4 Å². The van der Waals surface area contributed by atoms with Crippen LogP contribution in [0.2, 0.25) is 0 Å². The quantitative estimate of drug-likeness (QED) is 0.449. The minimum Gasteiger partial charge on any atom is -0.323 e. The third-order valence-electron chi connectivity index (χ3n) is 3.27. The van der Waals surface area contributed by atoms with Crippen LogP contribution in [0.4, 0.5) is 5.95 Å². The topological polar surface area (TPSA) is 78.9 Å². The molecule has 0 bridgehead atoms. The van der Waals surface area contributed by atoms with E-state index in [9.17, 15) is 0 Å². The molecule has 0 amide bonds. The molecule has 4 aromatic rings. The summed E-state index contributed by atoms with van der Waals surface area (Å²) in [6, 6.07) is 13.6. The van der Waals surface area contributed by atoms with E-state index < -0.39 is 0 Å². The van der Waals surface area contributed by atoms with Crippen LogP contribution in [0.5, 0.6) is 0 Å². The average molecular weight is 288 g/mol. The van der Waals surface area contributed by atoms with Crippen molar-refractivity contribution in [1.29, 1.82) is 0 Å². The van der Waals surface area contributed by atoms with Gasteiger partial charge >= 0.3 is 0 Å². The van der Waals surface area contributed by atoms with Crippen molar-refractivity contribution in [3.8, 4) is 0 Å². The predicted octanol–water partition coefficient (Wildman–Crippen LogP) is 2.95. The van der Waals surface area contributed by atoms with Crippen molar-refractivity contribution in [1.82, 2.24) is 19.9 Å². The normalized spacial score (nSPS) is 11.5. The van der Waals surface area contributed by atoms with Crippen LogP contribution in [0.1, 0.15) is 5.56 Å². The van der Waals surface area contributed by atoms with Crippen molar-refractivity contribution in [2.24, 2.45) is 5.10 Å². The SMILES string of the molecule is C(=N/Nc1nc2ccccc2[nH]1)/c1ccc2nccnc2c1. The molecule has 0 aliphatic rings. The molecule has 0 saturated heterocycles. The van der Waals surface area contributed by atoms with E-state index in [1.54, 1.807) is 18.6 Å². The van der Waals surface area contributed by atoms with E-state index in [4.69, 9.17) is 0 Å². The number of aromatic amines is 1. The number of rotatable bonds is 3. The lowest BCUT2D eigenvalue weighted by Crippen LogP contribution is -1.92. The van der Waals surface area contributed by atoms with Gasteiger partial charge in [-0.1, -0.05) is 18.2 Å². The Morgan fingerprint density at radius 1 is 0.955 bits per heavy atom. The highest BCUT2D eigenvalue weighted by atomic mass is 15.3. The maximum atomic E-state index is 4.39. The Balaban J connectivity index is 1.55. The number of nitrogens with zero attached hydrogens (tertiary/aromatic N) is 4. The van der Waals surface area contributed by atoms with Crippen molar-refractivity contribution < 1.29 is 0 Å². The molecule has 2 aromatic heterocycles. The molecule has 2 N–H and O–H groups in total. The fourth-order valence-electron chi connectivity index (χ4n) is 2.23. The summed E-state index contributed by atoms with van der Waals surface area (Å²) in [5.41, 5.74) is 7.42. The Hall–Kier alpha value is -3.28. The summed E-state index contributed by atoms with van der Waals surface area (Å²) in [5.74, 6) is 0.609. The summed E-state index contributed by atoms with van der Waals surface area (Å²) in [7, 11) is 0. The Bertz CT molecular complexity index is 939. The molecule has 2 aromatic carbocycles. The monoisotopic (exact) mass is 288 g/mol. The van der Waals surface area contributed by atoms with Gasteiger partial charge < -0.3 is 4.98 Å². The van der Waals surface area contributed by atoms with E-state index in [-0.39, 0.29) is 0 Å². The first-order valence-corrected chi connectivity index (χ1v) is 6.83. The molecular weight excluding hydrogens is 276 g/mol. The lowest BCUT2D eigenvalue weighted by atomic mass is 10.2. The smallest absolute Gasteiger partial charge is 0.222 e. The molecule has 0 atom stereocenters. The Morgan fingerprint density at radius 2 is 1.82 bits per heavy atom. The van der Waals surface area contributed by atoms with Crippen LogP contribution < -0.4 is 5.43 Å². The summed E-state index contributed by atoms with van der Waals surface area (Å²) in [4.78, 5) is 16.1. The number of para-hydroxylation sites is 2. The van der Waals surface area contributed by atoms with E-state index >= 15 is 0 Å². The van der Waals surface area contributed by atoms with Gasteiger partial charge in [-0.15, -0.1) is 0 Å². The largest absolute Gasteiger partial charge is 0.323 e. The number of anilines is 1. The first-order chi connectivity index (χ1) is 10.9. The molecular formula is C16H12N6. The lowest BCUT2D eigenvalue weighted by molar-refractivity contribution is 1.21. The lowest BCUT2D eigenvalue weighted by Gasteiger charge is -1.97.